The Kier molecular flexibility index (Phi) is 3.88. The zero-order valence-corrected chi connectivity index (χ0v) is 12.2. The van der Waals surface area contributed by atoms with Crippen LogP contribution in [0.3, 0.4) is 0 Å². The van der Waals surface area contributed by atoms with Gasteiger partial charge in [0.05, 0.1) is 0 Å². The summed E-state index contributed by atoms with van der Waals surface area (Å²) in [4.78, 5) is 0. The van der Waals surface area contributed by atoms with Gasteiger partial charge in [-0.3, -0.25) is 4.70 Å². The summed E-state index contributed by atoms with van der Waals surface area (Å²) in [5, 5.41) is 5.24. The molecule has 1 heteroatoms. The molecule has 0 radical (unpaired) electrons. The van der Waals surface area contributed by atoms with E-state index in [1.807, 2.05) is 0 Å². The van der Waals surface area contributed by atoms with Crippen molar-refractivity contribution in [2.45, 2.75) is 6.42 Å². The van der Waals surface area contributed by atoms with Crippen molar-refractivity contribution >= 4 is 21.5 Å². The number of hydrogen-bond donors (Lipinski definition) is 0. The van der Waals surface area contributed by atoms with E-state index in [1.165, 1.54) is 32.7 Å². The summed E-state index contributed by atoms with van der Waals surface area (Å²) in [5.74, 6) is 0. The maximum Gasteiger partial charge on any atom is -0.00253 e. The van der Waals surface area contributed by atoms with Gasteiger partial charge in [-0.2, -0.15) is 0 Å². The van der Waals surface area contributed by atoms with Gasteiger partial charge < -0.3 is 0 Å². The Balaban J connectivity index is 0.00000144. The molecule has 0 aliphatic rings. The first kappa shape index (κ1) is 14.3. The molecule has 0 aliphatic heterocycles. The molecule has 0 unspecified atom stereocenters. The van der Waals surface area contributed by atoms with Crippen molar-refractivity contribution in [2.24, 2.45) is 0 Å². The van der Waals surface area contributed by atoms with Crippen LogP contribution in [-0.2, 0) is 6.42 Å². The van der Waals surface area contributed by atoms with Gasteiger partial charge in [0.1, 0.15) is 0 Å². The van der Waals surface area contributed by atoms with E-state index < -0.39 is 0 Å². The third-order valence-electron chi connectivity index (χ3n) is 4.04. The fraction of sp³-hybridized carbons (Fsp3) is 0.0476. The first-order chi connectivity index (χ1) is 10.4. The van der Waals surface area contributed by atoms with E-state index in [0.717, 1.165) is 6.42 Å². The van der Waals surface area contributed by atoms with E-state index in [1.54, 1.807) is 0 Å². The van der Waals surface area contributed by atoms with Gasteiger partial charge in [-0.15, -0.1) is 0 Å². The van der Waals surface area contributed by atoms with Crippen LogP contribution in [0.15, 0.2) is 84.9 Å². The highest BCUT2D eigenvalue weighted by molar-refractivity contribution is 5.84. The van der Waals surface area contributed by atoms with Crippen LogP contribution in [0.5, 0.6) is 0 Å². The number of rotatable bonds is 2. The molecule has 0 nitrogen and oxygen atoms in total. The molecule has 0 heterocycles. The molecule has 0 bridgehead atoms. The van der Waals surface area contributed by atoms with Gasteiger partial charge in [0.25, 0.3) is 0 Å². The Morgan fingerprint density at radius 2 is 0.864 bits per heavy atom. The van der Waals surface area contributed by atoms with Crippen LogP contribution in [0.4, 0.5) is 4.70 Å². The molecule has 0 amide bonds. The second-order valence-corrected chi connectivity index (χ2v) is 5.54. The number of fused-ring (bicyclic) bond motifs is 2. The van der Waals surface area contributed by atoms with E-state index in [-0.39, 0.29) is 4.70 Å². The Hall–Kier alpha value is -2.67. The molecule has 0 fully saturated rings. The minimum Gasteiger partial charge on any atom is -0.269 e. The van der Waals surface area contributed by atoms with Gasteiger partial charge in [0, 0.05) is 0 Å². The standard InChI is InChI=1S/C21H16.FH/c1-3-7-20-14-16(9-11-18(20)5-1)13-17-10-12-19-6-2-4-8-21(19)15-17;/h1-12,14-15H,13H2;1H. The van der Waals surface area contributed by atoms with Crippen molar-refractivity contribution in [1.82, 2.24) is 0 Å². The molecule has 0 N–H and O–H groups in total. The van der Waals surface area contributed by atoms with E-state index >= 15 is 0 Å². The Bertz CT molecular complexity index is 847. The van der Waals surface area contributed by atoms with Crippen LogP contribution in [0, 0.1) is 0 Å². The summed E-state index contributed by atoms with van der Waals surface area (Å²) in [5.41, 5.74) is 2.73. The summed E-state index contributed by atoms with van der Waals surface area (Å²) >= 11 is 0. The molecule has 4 aromatic carbocycles. The Morgan fingerprint density at radius 1 is 0.455 bits per heavy atom. The second-order valence-electron chi connectivity index (χ2n) is 5.54. The lowest BCUT2D eigenvalue weighted by Gasteiger charge is -2.06. The number of hydrogen-bond acceptors (Lipinski definition) is 0. The third-order valence-corrected chi connectivity index (χ3v) is 4.04. The molecule has 22 heavy (non-hydrogen) atoms. The fourth-order valence-electron chi connectivity index (χ4n) is 2.93. The highest BCUT2D eigenvalue weighted by Gasteiger charge is 2.00. The van der Waals surface area contributed by atoms with Gasteiger partial charge >= 0.3 is 0 Å². The van der Waals surface area contributed by atoms with Crippen LogP contribution in [-0.4, -0.2) is 0 Å². The minimum atomic E-state index is 0. The van der Waals surface area contributed by atoms with Crippen LogP contribution in [0.2, 0.25) is 0 Å². The van der Waals surface area contributed by atoms with E-state index in [4.69, 9.17) is 0 Å². The van der Waals surface area contributed by atoms with Crippen molar-refractivity contribution in [2.75, 3.05) is 0 Å². The zero-order valence-electron chi connectivity index (χ0n) is 12.2. The average Bonchev–Trinajstić information content (AvgIpc) is 2.55. The molecule has 108 valence electrons. The van der Waals surface area contributed by atoms with Crippen LogP contribution < -0.4 is 0 Å². The summed E-state index contributed by atoms with van der Waals surface area (Å²) in [6.45, 7) is 0. The average molecular weight is 288 g/mol. The van der Waals surface area contributed by atoms with Crippen molar-refractivity contribution in [3.8, 4) is 0 Å². The molecule has 0 atom stereocenters. The van der Waals surface area contributed by atoms with Crippen LogP contribution in [0.1, 0.15) is 11.1 Å². The van der Waals surface area contributed by atoms with Gasteiger partial charge in [0.2, 0.25) is 0 Å². The Morgan fingerprint density at radius 3 is 1.32 bits per heavy atom. The lowest BCUT2D eigenvalue weighted by molar-refractivity contribution is 1.11. The molecular weight excluding hydrogens is 271 g/mol. The first-order valence-corrected chi connectivity index (χ1v) is 7.34. The van der Waals surface area contributed by atoms with Crippen LogP contribution >= 0.6 is 0 Å². The van der Waals surface area contributed by atoms with E-state index in [9.17, 15) is 0 Å². The summed E-state index contributed by atoms with van der Waals surface area (Å²) < 4.78 is 0. The van der Waals surface area contributed by atoms with Crippen molar-refractivity contribution in [1.29, 1.82) is 0 Å². The smallest absolute Gasteiger partial charge is 0.00253 e. The molecular formula is C21H17F. The van der Waals surface area contributed by atoms with Crippen molar-refractivity contribution in [3.63, 3.8) is 0 Å². The summed E-state index contributed by atoms with van der Waals surface area (Å²) in [7, 11) is 0. The monoisotopic (exact) mass is 288 g/mol. The molecule has 0 saturated heterocycles. The maximum atomic E-state index is 2.30. The molecule has 0 aromatic heterocycles. The third kappa shape index (κ3) is 2.71. The van der Waals surface area contributed by atoms with Gasteiger partial charge in [-0.25, -0.2) is 0 Å². The fourth-order valence-corrected chi connectivity index (χ4v) is 2.93. The topological polar surface area (TPSA) is 0 Å². The van der Waals surface area contributed by atoms with Crippen molar-refractivity contribution in [3.05, 3.63) is 96.1 Å². The maximum absolute atomic E-state index is 2.30. The van der Waals surface area contributed by atoms with Gasteiger partial charge in [-0.05, 0) is 39.1 Å². The number of benzene rings is 4. The molecule has 0 aliphatic carbocycles. The second kappa shape index (κ2) is 5.98. The Labute approximate surface area is 129 Å². The predicted octanol–water partition coefficient (Wildman–Crippen LogP) is 5.74. The summed E-state index contributed by atoms with van der Waals surface area (Å²) in [6.07, 6.45) is 0.982. The summed E-state index contributed by atoms with van der Waals surface area (Å²) in [6, 6.07) is 30.5. The highest BCUT2D eigenvalue weighted by atomic mass is 19.0. The zero-order chi connectivity index (χ0) is 14.1. The largest absolute Gasteiger partial charge is 0.269 e. The molecule has 0 saturated carbocycles. The first-order valence-electron chi connectivity index (χ1n) is 7.34. The molecule has 4 aromatic rings. The minimum absolute atomic E-state index is 0. The quantitative estimate of drug-likeness (QED) is 0.441. The van der Waals surface area contributed by atoms with Crippen molar-refractivity contribution < 1.29 is 4.70 Å². The normalized spacial score (nSPS) is 10.5. The highest BCUT2D eigenvalue weighted by Crippen LogP contribution is 2.21. The molecule has 0 spiro atoms. The molecule has 4 rings (SSSR count). The SMILES string of the molecule is F.c1ccc2cc(Cc3ccc4ccccc4c3)ccc2c1. The lowest BCUT2D eigenvalue weighted by atomic mass is 9.99. The van der Waals surface area contributed by atoms with E-state index in [2.05, 4.69) is 84.9 Å². The van der Waals surface area contributed by atoms with Crippen LogP contribution in [0.25, 0.3) is 21.5 Å². The van der Waals surface area contributed by atoms with Gasteiger partial charge in [0.15, 0.2) is 0 Å². The predicted molar refractivity (Wildman–Crippen MR) is 93.2 cm³/mol. The van der Waals surface area contributed by atoms with Gasteiger partial charge in [-0.1, -0.05) is 84.9 Å². The lowest BCUT2D eigenvalue weighted by Crippen LogP contribution is -1.88. The van der Waals surface area contributed by atoms with E-state index in [0.29, 0.717) is 0 Å². The number of halogens is 1.